The SMILES string of the molecule is CCCNCc1cn(-c2ccc(I)c(Br)c2)nn1. The second-order valence-electron chi connectivity index (χ2n) is 3.93. The molecule has 0 bridgehead atoms. The van der Waals surface area contributed by atoms with Crippen LogP contribution in [0.25, 0.3) is 5.69 Å². The molecular formula is C12H14BrIN4. The molecular weight excluding hydrogens is 407 g/mol. The van der Waals surface area contributed by atoms with E-state index in [-0.39, 0.29) is 0 Å². The topological polar surface area (TPSA) is 42.7 Å². The summed E-state index contributed by atoms with van der Waals surface area (Å²) in [6.45, 7) is 3.91. The van der Waals surface area contributed by atoms with E-state index in [4.69, 9.17) is 0 Å². The summed E-state index contributed by atoms with van der Waals surface area (Å²) >= 11 is 5.81. The van der Waals surface area contributed by atoms with Crippen LogP contribution in [0.5, 0.6) is 0 Å². The molecule has 0 aliphatic heterocycles. The molecule has 0 radical (unpaired) electrons. The number of nitrogens with zero attached hydrogens (tertiary/aromatic N) is 3. The Hall–Kier alpha value is -0.470. The zero-order chi connectivity index (χ0) is 13.0. The Morgan fingerprint density at radius 1 is 1.44 bits per heavy atom. The summed E-state index contributed by atoms with van der Waals surface area (Å²) in [4.78, 5) is 0. The normalized spacial score (nSPS) is 10.8. The maximum Gasteiger partial charge on any atom is 0.0969 e. The Balaban J connectivity index is 2.11. The maximum atomic E-state index is 4.15. The van der Waals surface area contributed by atoms with Crippen molar-refractivity contribution in [2.75, 3.05) is 6.54 Å². The van der Waals surface area contributed by atoms with Gasteiger partial charge in [0.25, 0.3) is 0 Å². The van der Waals surface area contributed by atoms with Gasteiger partial charge in [0, 0.05) is 14.6 Å². The molecule has 18 heavy (non-hydrogen) atoms. The van der Waals surface area contributed by atoms with Crippen molar-refractivity contribution in [2.24, 2.45) is 0 Å². The van der Waals surface area contributed by atoms with E-state index in [2.05, 4.69) is 67.1 Å². The highest BCUT2D eigenvalue weighted by atomic mass is 127. The fraction of sp³-hybridized carbons (Fsp3) is 0.333. The van der Waals surface area contributed by atoms with Crippen LogP contribution in [-0.4, -0.2) is 21.5 Å². The molecule has 0 atom stereocenters. The zero-order valence-electron chi connectivity index (χ0n) is 10.0. The third-order valence-corrected chi connectivity index (χ3v) is 4.78. The lowest BCUT2D eigenvalue weighted by atomic mass is 10.3. The van der Waals surface area contributed by atoms with Crippen molar-refractivity contribution < 1.29 is 0 Å². The highest BCUT2D eigenvalue weighted by Crippen LogP contribution is 2.21. The molecule has 0 aliphatic carbocycles. The Kier molecular flexibility index (Phi) is 5.13. The highest BCUT2D eigenvalue weighted by Gasteiger charge is 2.04. The van der Waals surface area contributed by atoms with Gasteiger partial charge in [0.15, 0.2) is 0 Å². The molecule has 0 unspecified atom stereocenters. The lowest BCUT2D eigenvalue weighted by Gasteiger charge is -2.02. The van der Waals surface area contributed by atoms with Gasteiger partial charge in [-0.3, -0.25) is 0 Å². The molecule has 2 rings (SSSR count). The summed E-state index contributed by atoms with van der Waals surface area (Å²) in [5.74, 6) is 0. The number of nitrogens with one attached hydrogen (secondary N) is 1. The van der Waals surface area contributed by atoms with Crippen LogP contribution in [0.3, 0.4) is 0 Å². The molecule has 2 aromatic rings. The van der Waals surface area contributed by atoms with Gasteiger partial charge in [-0.05, 0) is 69.7 Å². The summed E-state index contributed by atoms with van der Waals surface area (Å²) in [7, 11) is 0. The number of hydrogen-bond donors (Lipinski definition) is 1. The van der Waals surface area contributed by atoms with Crippen LogP contribution in [0.4, 0.5) is 0 Å². The van der Waals surface area contributed by atoms with Crippen LogP contribution < -0.4 is 5.32 Å². The number of benzene rings is 1. The van der Waals surface area contributed by atoms with Gasteiger partial charge in [-0.1, -0.05) is 12.1 Å². The molecule has 4 nitrogen and oxygen atoms in total. The lowest BCUT2D eigenvalue weighted by Crippen LogP contribution is -2.13. The van der Waals surface area contributed by atoms with Gasteiger partial charge in [-0.25, -0.2) is 4.68 Å². The largest absolute Gasteiger partial charge is 0.311 e. The van der Waals surface area contributed by atoms with Gasteiger partial charge in [-0.2, -0.15) is 0 Å². The summed E-state index contributed by atoms with van der Waals surface area (Å²) in [6, 6.07) is 6.13. The van der Waals surface area contributed by atoms with Crippen molar-refractivity contribution in [3.8, 4) is 5.69 Å². The van der Waals surface area contributed by atoms with E-state index >= 15 is 0 Å². The van der Waals surface area contributed by atoms with E-state index in [1.807, 2.05) is 18.3 Å². The average Bonchev–Trinajstić information content (AvgIpc) is 2.82. The Bertz CT molecular complexity index is 527. The predicted octanol–water partition coefficient (Wildman–Crippen LogP) is 3.13. The van der Waals surface area contributed by atoms with Gasteiger partial charge < -0.3 is 5.32 Å². The monoisotopic (exact) mass is 420 g/mol. The average molecular weight is 421 g/mol. The molecule has 6 heteroatoms. The summed E-state index contributed by atoms with van der Waals surface area (Å²) < 4.78 is 4.05. The van der Waals surface area contributed by atoms with Gasteiger partial charge in [0.05, 0.1) is 17.6 Å². The highest BCUT2D eigenvalue weighted by molar-refractivity contribution is 14.1. The van der Waals surface area contributed by atoms with Gasteiger partial charge in [0.1, 0.15) is 0 Å². The van der Waals surface area contributed by atoms with Crippen molar-refractivity contribution >= 4 is 38.5 Å². The minimum absolute atomic E-state index is 0.763. The van der Waals surface area contributed by atoms with Gasteiger partial charge in [0.2, 0.25) is 0 Å². The quantitative estimate of drug-likeness (QED) is 0.596. The first-order valence-corrected chi connectivity index (χ1v) is 7.65. The molecule has 1 heterocycles. The third kappa shape index (κ3) is 3.52. The molecule has 0 fully saturated rings. The molecule has 0 saturated heterocycles. The molecule has 1 aromatic carbocycles. The van der Waals surface area contributed by atoms with E-state index in [1.54, 1.807) is 4.68 Å². The van der Waals surface area contributed by atoms with Crippen LogP contribution in [0, 0.1) is 3.57 Å². The van der Waals surface area contributed by atoms with Crippen LogP contribution in [0.1, 0.15) is 19.0 Å². The van der Waals surface area contributed by atoms with Gasteiger partial charge >= 0.3 is 0 Å². The van der Waals surface area contributed by atoms with Crippen molar-refractivity contribution in [1.29, 1.82) is 0 Å². The summed E-state index contributed by atoms with van der Waals surface area (Å²) in [5.41, 5.74) is 1.97. The predicted molar refractivity (Wildman–Crippen MR) is 83.8 cm³/mol. The number of halogens is 2. The minimum Gasteiger partial charge on any atom is -0.311 e. The Morgan fingerprint density at radius 2 is 2.28 bits per heavy atom. The molecule has 0 spiro atoms. The van der Waals surface area contributed by atoms with E-state index in [0.717, 1.165) is 35.4 Å². The molecule has 1 aromatic heterocycles. The fourth-order valence-electron chi connectivity index (χ4n) is 1.53. The number of rotatable bonds is 5. The smallest absolute Gasteiger partial charge is 0.0969 e. The number of aromatic nitrogens is 3. The van der Waals surface area contributed by atoms with E-state index < -0.39 is 0 Å². The van der Waals surface area contributed by atoms with Crippen LogP contribution in [-0.2, 0) is 6.54 Å². The maximum absolute atomic E-state index is 4.15. The van der Waals surface area contributed by atoms with Crippen LogP contribution in [0.15, 0.2) is 28.9 Å². The second kappa shape index (κ2) is 6.63. The first kappa shape index (κ1) is 14.0. The van der Waals surface area contributed by atoms with Crippen molar-refractivity contribution in [2.45, 2.75) is 19.9 Å². The fourth-order valence-corrected chi connectivity index (χ4v) is 2.23. The van der Waals surface area contributed by atoms with Crippen molar-refractivity contribution in [3.63, 3.8) is 0 Å². The first-order valence-electron chi connectivity index (χ1n) is 5.78. The molecule has 96 valence electrons. The first-order chi connectivity index (χ1) is 8.70. The van der Waals surface area contributed by atoms with E-state index in [1.165, 1.54) is 3.57 Å². The zero-order valence-corrected chi connectivity index (χ0v) is 13.8. The Labute approximate surface area is 128 Å². The van der Waals surface area contributed by atoms with Crippen LogP contribution in [0.2, 0.25) is 0 Å². The summed E-state index contributed by atoms with van der Waals surface area (Å²) in [5, 5.41) is 11.6. The van der Waals surface area contributed by atoms with E-state index in [0.29, 0.717) is 0 Å². The lowest BCUT2D eigenvalue weighted by molar-refractivity contribution is 0.662. The molecule has 0 aliphatic rings. The third-order valence-electron chi connectivity index (χ3n) is 2.44. The number of hydrogen-bond acceptors (Lipinski definition) is 3. The second-order valence-corrected chi connectivity index (χ2v) is 5.95. The van der Waals surface area contributed by atoms with Gasteiger partial charge in [-0.15, -0.1) is 5.10 Å². The molecule has 0 amide bonds. The van der Waals surface area contributed by atoms with Crippen LogP contribution >= 0.6 is 38.5 Å². The molecule has 1 N–H and O–H groups in total. The Morgan fingerprint density at radius 3 is 3.00 bits per heavy atom. The van der Waals surface area contributed by atoms with Crippen molar-refractivity contribution in [1.82, 2.24) is 20.3 Å². The standard InChI is InChI=1S/C12H14BrIN4/c1-2-5-15-7-9-8-18(17-16-9)10-3-4-12(14)11(13)6-10/h3-4,6,8,15H,2,5,7H2,1H3. The minimum atomic E-state index is 0.763. The van der Waals surface area contributed by atoms with E-state index in [9.17, 15) is 0 Å². The van der Waals surface area contributed by atoms with Crippen molar-refractivity contribution in [3.05, 3.63) is 38.1 Å². The molecule has 0 saturated carbocycles. The summed E-state index contributed by atoms with van der Waals surface area (Å²) in [6.07, 6.45) is 3.08.